The van der Waals surface area contributed by atoms with E-state index in [0.717, 1.165) is 31.6 Å². The summed E-state index contributed by atoms with van der Waals surface area (Å²) in [7, 11) is 0. The maximum Gasteiger partial charge on any atom is 0.471 e. The number of hydrogen-bond acceptors (Lipinski definition) is 19. The zero-order valence-corrected chi connectivity index (χ0v) is 44.1. The molecule has 1 rings (SSSR count). The van der Waals surface area contributed by atoms with Gasteiger partial charge in [0.2, 0.25) is 0 Å². The summed E-state index contributed by atoms with van der Waals surface area (Å²) in [5.74, 6) is -1.99. The van der Waals surface area contributed by atoms with Gasteiger partial charge < -0.3 is 81.1 Å². The fourth-order valence-electron chi connectivity index (χ4n) is 6.03. The van der Waals surface area contributed by atoms with Crippen molar-refractivity contribution in [3.63, 3.8) is 0 Å². The molecule has 0 spiro atoms. The van der Waals surface area contributed by atoms with E-state index in [1.807, 2.05) is 6.20 Å². The molecule has 0 fully saturated rings. The number of aromatic nitrogens is 3. The molecule has 1 N–H and O–H groups in total. The number of halogens is 3. The van der Waals surface area contributed by atoms with Crippen molar-refractivity contribution in [2.45, 2.75) is 83.9 Å². The molecule has 0 radical (unpaired) electrons. The molecule has 1 heterocycles. The molecule has 1 aromatic rings. The quantitative estimate of drug-likeness (QED) is 0.0903. The Bertz CT molecular complexity index is 1270. The Labute approximate surface area is 432 Å². The first-order chi connectivity index (χ1) is 35.9. The van der Waals surface area contributed by atoms with Crippen molar-refractivity contribution in [1.82, 2.24) is 20.3 Å². The van der Waals surface area contributed by atoms with Crippen LogP contribution in [0.3, 0.4) is 0 Å². The van der Waals surface area contributed by atoms with E-state index >= 15 is 0 Å². The molecule has 0 bridgehead atoms. The normalized spacial score (nSPS) is 11.9. The van der Waals surface area contributed by atoms with E-state index in [9.17, 15) is 18.0 Å². The monoisotopic (exact) mass is 1070 g/mol. The van der Waals surface area contributed by atoms with Crippen molar-refractivity contribution in [1.29, 1.82) is 0 Å². The van der Waals surface area contributed by atoms with Gasteiger partial charge in [-0.2, -0.15) is 13.2 Å². The van der Waals surface area contributed by atoms with Crippen LogP contribution in [0.2, 0.25) is 0 Å². The minimum absolute atomic E-state index is 0.0426. The van der Waals surface area contributed by atoms with Gasteiger partial charge in [-0.25, -0.2) is 4.68 Å². The number of hydrogen-bond donors (Lipinski definition) is 1. The summed E-state index contributed by atoms with van der Waals surface area (Å²) < 4.78 is 126. The summed E-state index contributed by atoms with van der Waals surface area (Å²) in [4.78, 5) is 10.7. The van der Waals surface area contributed by atoms with Gasteiger partial charge in [0.1, 0.15) is 0 Å². The lowest BCUT2D eigenvalue weighted by Gasteiger charge is -2.09. The van der Waals surface area contributed by atoms with Crippen LogP contribution < -0.4 is 5.32 Å². The van der Waals surface area contributed by atoms with Crippen LogP contribution in [0, 0.1) is 0 Å². The Morgan fingerprint density at radius 1 is 0.411 bits per heavy atom. The topological polar surface area (TPSA) is 207 Å². The number of unbranched alkanes of at least 4 members (excludes halogenated alkanes) is 7. The predicted molar refractivity (Wildman–Crippen MR) is 263 cm³/mol. The first kappa shape index (κ1) is 68.8. The summed E-state index contributed by atoms with van der Waals surface area (Å²) in [6.07, 6.45) is 9.04. The molecule has 0 atom stereocenters. The van der Waals surface area contributed by atoms with E-state index < -0.39 is 12.1 Å². The van der Waals surface area contributed by atoms with Gasteiger partial charge >= 0.3 is 12.1 Å². The highest BCUT2D eigenvalue weighted by Gasteiger charge is 2.38. The summed E-state index contributed by atoms with van der Waals surface area (Å²) in [5.41, 5.74) is 0.892. The summed E-state index contributed by atoms with van der Waals surface area (Å²) >= 11 is 0. The van der Waals surface area contributed by atoms with Crippen molar-refractivity contribution >= 4 is 5.91 Å². The number of amides is 1. The molecule has 0 aliphatic rings. The van der Waals surface area contributed by atoms with Crippen molar-refractivity contribution in [2.75, 3.05) is 218 Å². The molecule has 0 aromatic carbocycles. The van der Waals surface area contributed by atoms with Crippen LogP contribution >= 0.6 is 0 Å². The Morgan fingerprint density at radius 2 is 0.699 bits per heavy atom. The molecule has 1 amide bonds. The van der Waals surface area contributed by atoms with Gasteiger partial charge in [0, 0.05) is 26.0 Å². The van der Waals surface area contributed by atoms with Crippen LogP contribution in [0.25, 0.3) is 0 Å². The van der Waals surface area contributed by atoms with Gasteiger partial charge in [0.05, 0.1) is 210 Å². The highest BCUT2D eigenvalue weighted by atomic mass is 19.4. The molecule has 73 heavy (non-hydrogen) atoms. The standard InChI is InChI=1S/C49H93F3N4O17/c1-2-3-4-5-6-7-8-9-14-58-18-22-62-26-30-66-34-36-69-38-40-71-42-44-73-45-43-72-41-39-70-37-35-67-31-27-63-23-19-59-15-10-11-47-46-56(55-54-47)13-17-61-21-25-65-29-33-68-32-28-64-24-20-60-16-12-53-48(57)49(50,51)52/h46H,2-45H2,1H3,(H,53,57). The largest absolute Gasteiger partial charge is 0.471 e. The summed E-state index contributed by atoms with van der Waals surface area (Å²) in [6.45, 7) is 17.5. The molecule has 24 heteroatoms. The Balaban J connectivity index is 1.68. The van der Waals surface area contributed by atoms with E-state index in [2.05, 4.69) is 17.2 Å². The van der Waals surface area contributed by atoms with E-state index in [0.29, 0.717) is 192 Å². The third kappa shape index (κ3) is 53.0. The zero-order chi connectivity index (χ0) is 52.5. The zero-order valence-electron chi connectivity index (χ0n) is 44.1. The molecule has 0 unspecified atom stereocenters. The minimum atomic E-state index is -4.90. The maximum atomic E-state index is 12.1. The number of rotatable bonds is 61. The number of nitrogens with one attached hydrogen (secondary N) is 1. The smallest absolute Gasteiger partial charge is 0.379 e. The average Bonchev–Trinajstić information content (AvgIpc) is 3.84. The van der Waals surface area contributed by atoms with Gasteiger partial charge in [0.25, 0.3) is 0 Å². The van der Waals surface area contributed by atoms with Crippen LogP contribution in [0.15, 0.2) is 6.20 Å². The lowest BCUT2D eigenvalue weighted by molar-refractivity contribution is -0.173. The molecule has 1 aromatic heterocycles. The SMILES string of the molecule is CCCCCCCCCCOCCOCCOCCOCCOCCOCCOCCOCCOCCOCCOCCCc1cn(CCOCCOCCOCCOCCOCCNC(=O)C(F)(F)F)nn1. The van der Waals surface area contributed by atoms with Crippen LogP contribution in [-0.4, -0.2) is 245 Å². The Kier molecular flexibility index (Phi) is 52.7. The molecule has 0 aliphatic heterocycles. The van der Waals surface area contributed by atoms with Crippen molar-refractivity contribution in [3.8, 4) is 0 Å². The van der Waals surface area contributed by atoms with Crippen LogP contribution in [-0.2, 0) is 93.5 Å². The molecule has 432 valence electrons. The highest BCUT2D eigenvalue weighted by molar-refractivity contribution is 5.81. The van der Waals surface area contributed by atoms with E-state index in [1.54, 1.807) is 10.00 Å². The molecular weight excluding hydrogens is 974 g/mol. The van der Waals surface area contributed by atoms with E-state index in [1.165, 1.54) is 44.9 Å². The minimum Gasteiger partial charge on any atom is -0.379 e. The van der Waals surface area contributed by atoms with Crippen molar-refractivity contribution in [3.05, 3.63) is 11.9 Å². The lowest BCUT2D eigenvalue weighted by atomic mass is 10.1. The average molecular weight is 1070 g/mol. The van der Waals surface area contributed by atoms with Gasteiger partial charge in [-0.3, -0.25) is 4.79 Å². The number of alkyl halides is 3. The van der Waals surface area contributed by atoms with E-state index in [-0.39, 0.29) is 26.4 Å². The summed E-state index contributed by atoms with van der Waals surface area (Å²) in [5, 5.41) is 10.1. The molecular formula is C49H93F3N4O17. The second-order valence-corrected chi connectivity index (χ2v) is 16.1. The third-order valence-corrected chi connectivity index (χ3v) is 9.91. The van der Waals surface area contributed by atoms with Gasteiger partial charge in [-0.1, -0.05) is 57.1 Å². The first-order valence-electron chi connectivity index (χ1n) is 26.4. The maximum absolute atomic E-state index is 12.1. The number of aryl methyl sites for hydroxylation is 1. The Morgan fingerprint density at radius 3 is 1.04 bits per heavy atom. The second-order valence-electron chi connectivity index (χ2n) is 16.1. The van der Waals surface area contributed by atoms with Crippen LogP contribution in [0.1, 0.15) is 70.4 Å². The summed E-state index contributed by atoms with van der Waals surface area (Å²) in [6, 6.07) is 0. The Hall–Kier alpha value is -2.24. The van der Waals surface area contributed by atoms with Gasteiger partial charge in [0.15, 0.2) is 0 Å². The second kappa shape index (κ2) is 56.0. The molecule has 0 saturated heterocycles. The number of ether oxygens (including phenoxy) is 16. The number of carbonyl (C=O) groups excluding carboxylic acids is 1. The van der Waals surface area contributed by atoms with Gasteiger partial charge in [-0.05, 0) is 19.3 Å². The van der Waals surface area contributed by atoms with Crippen LogP contribution in [0.5, 0.6) is 0 Å². The first-order valence-corrected chi connectivity index (χ1v) is 26.4. The molecule has 21 nitrogen and oxygen atoms in total. The predicted octanol–water partition coefficient (Wildman–Crippen LogP) is 4.30. The third-order valence-electron chi connectivity index (χ3n) is 9.91. The van der Waals surface area contributed by atoms with Gasteiger partial charge in [-0.15, -0.1) is 5.10 Å². The number of nitrogens with zero attached hydrogens (tertiary/aromatic N) is 3. The molecule has 0 aliphatic carbocycles. The fourth-order valence-corrected chi connectivity index (χ4v) is 6.03. The lowest BCUT2D eigenvalue weighted by Crippen LogP contribution is -2.38. The fraction of sp³-hybridized carbons (Fsp3) is 0.939. The highest BCUT2D eigenvalue weighted by Crippen LogP contribution is 2.13. The molecule has 0 saturated carbocycles. The van der Waals surface area contributed by atoms with Crippen molar-refractivity contribution in [2.24, 2.45) is 0 Å². The van der Waals surface area contributed by atoms with Crippen molar-refractivity contribution < 1.29 is 93.8 Å². The van der Waals surface area contributed by atoms with E-state index in [4.69, 9.17) is 75.8 Å². The van der Waals surface area contributed by atoms with Crippen LogP contribution in [0.4, 0.5) is 13.2 Å². The number of carbonyl (C=O) groups is 1.